The standard InChI is InChI=1S/C12H17N3O2/c1-8-5-9(2)14-11(6-8)15-12(16)10-7-17-4-3-13-10/h5-6,10,13H,3-4,7H2,1-2H3,(H,14,15,16). The molecule has 2 N–H and O–H groups in total. The number of hydrogen-bond acceptors (Lipinski definition) is 4. The number of aromatic nitrogens is 1. The monoisotopic (exact) mass is 235 g/mol. The third kappa shape index (κ3) is 3.25. The minimum absolute atomic E-state index is 0.0952. The molecule has 0 aromatic carbocycles. The van der Waals surface area contributed by atoms with Crippen molar-refractivity contribution in [1.82, 2.24) is 10.3 Å². The Morgan fingerprint density at radius 2 is 2.35 bits per heavy atom. The van der Waals surface area contributed by atoms with Gasteiger partial charge < -0.3 is 15.4 Å². The van der Waals surface area contributed by atoms with Crippen molar-refractivity contribution in [2.24, 2.45) is 0 Å². The third-order valence-corrected chi connectivity index (χ3v) is 2.59. The van der Waals surface area contributed by atoms with Gasteiger partial charge in [0, 0.05) is 12.2 Å². The quantitative estimate of drug-likeness (QED) is 0.789. The highest BCUT2D eigenvalue weighted by atomic mass is 16.5. The molecular formula is C12H17N3O2. The Morgan fingerprint density at radius 3 is 3.00 bits per heavy atom. The predicted octanol–water partition coefficient (Wildman–Crippen LogP) is 0.625. The van der Waals surface area contributed by atoms with E-state index in [0.29, 0.717) is 25.6 Å². The number of carbonyl (C=O) groups is 1. The first-order chi connectivity index (χ1) is 8.15. The number of rotatable bonds is 2. The van der Waals surface area contributed by atoms with Gasteiger partial charge in [0.25, 0.3) is 0 Å². The highest BCUT2D eigenvalue weighted by molar-refractivity contribution is 5.94. The van der Waals surface area contributed by atoms with Crippen LogP contribution < -0.4 is 10.6 Å². The van der Waals surface area contributed by atoms with Crippen LogP contribution in [-0.4, -0.2) is 36.7 Å². The molecule has 1 unspecified atom stereocenters. The van der Waals surface area contributed by atoms with E-state index in [2.05, 4.69) is 15.6 Å². The topological polar surface area (TPSA) is 63.2 Å². The zero-order valence-corrected chi connectivity index (χ0v) is 10.1. The van der Waals surface area contributed by atoms with Crippen molar-refractivity contribution in [1.29, 1.82) is 0 Å². The summed E-state index contributed by atoms with van der Waals surface area (Å²) in [5.41, 5.74) is 1.98. The predicted molar refractivity (Wildman–Crippen MR) is 65.0 cm³/mol. The molecule has 1 aromatic rings. The van der Waals surface area contributed by atoms with E-state index >= 15 is 0 Å². The van der Waals surface area contributed by atoms with Crippen molar-refractivity contribution in [3.63, 3.8) is 0 Å². The minimum Gasteiger partial charge on any atom is -0.378 e. The highest BCUT2D eigenvalue weighted by Crippen LogP contribution is 2.09. The highest BCUT2D eigenvalue weighted by Gasteiger charge is 2.21. The van der Waals surface area contributed by atoms with Crippen molar-refractivity contribution in [3.8, 4) is 0 Å². The number of aryl methyl sites for hydroxylation is 2. The average Bonchev–Trinajstić information content (AvgIpc) is 2.28. The fourth-order valence-corrected chi connectivity index (χ4v) is 1.85. The van der Waals surface area contributed by atoms with Gasteiger partial charge in [-0.3, -0.25) is 4.79 Å². The summed E-state index contributed by atoms with van der Waals surface area (Å²) >= 11 is 0. The fraction of sp³-hybridized carbons (Fsp3) is 0.500. The summed E-state index contributed by atoms with van der Waals surface area (Å²) in [7, 11) is 0. The first-order valence-electron chi connectivity index (χ1n) is 5.72. The summed E-state index contributed by atoms with van der Waals surface area (Å²) in [4.78, 5) is 16.2. The molecule has 5 heteroatoms. The van der Waals surface area contributed by atoms with Gasteiger partial charge in [-0.15, -0.1) is 0 Å². The summed E-state index contributed by atoms with van der Waals surface area (Å²) < 4.78 is 5.24. The third-order valence-electron chi connectivity index (χ3n) is 2.59. The molecule has 1 atom stereocenters. The largest absolute Gasteiger partial charge is 0.378 e. The average molecular weight is 235 g/mol. The minimum atomic E-state index is -0.286. The molecule has 1 aliphatic heterocycles. The van der Waals surface area contributed by atoms with E-state index in [1.54, 1.807) is 0 Å². The van der Waals surface area contributed by atoms with Crippen LogP contribution in [0.25, 0.3) is 0 Å². The van der Waals surface area contributed by atoms with E-state index in [-0.39, 0.29) is 11.9 Å². The van der Waals surface area contributed by atoms with Crippen LogP contribution in [-0.2, 0) is 9.53 Å². The molecule has 2 heterocycles. The van der Waals surface area contributed by atoms with Gasteiger partial charge in [0.15, 0.2) is 0 Å². The van der Waals surface area contributed by atoms with Crippen molar-refractivity contribution in [2.45, 2.75) is 19.9 Å². The fourth-order valence-electron chi connectivity index (χ4n) is 1.85. The number of anilines is 1. The van der Waals surface area contributed by atoms with Crippen LogP contribution in [0, 0.1) is 13.8 Å². The Kier molecular flexibility index (Phi) is 3.71. The molecule has 92 valence electrons. The molecule has 0 aliphatic carbocycles. The normalized spacial score (nSPS) is 20.0. The van der Waals surface area contributed by atoms with Gasteiger partial charge in [0.2, 0.25) is 5.91 Å². The molecule has 1 saturated heterocycles. The number of pyridine rings is 1. The molecule has 0 spiro atoms. The summed E-state index contributed by atoms with van der Waals surface area (Å²) in [6.45, 7) is 5.66. The number of hydrogen-bond donors (Lipinski definition) is 2. The zero-order chi connectivity index (χ0) is 12.3. The first kappa shape index (κ1) is 12.0. The Morgan fingerprint density at radius 1 is 1.53 bits per heavy atom. The van der Waals surface area contributed by atoms with E-state index in [1.807, 2.05) is 26.0 Å². The molecule has 0 saturated carbocycles. The summed E-state index contributed by atoms with van der Waals surface area (Å²) in [5, 5.41) is 5.90. The van der Waals surface area contributed by atoms with Crippen LogP contribution in [0.4, 0.5) is 5.82 Å². The van der Waals surface area contributed by atoms with Crippen LogP contribution in [0.15, 0.2) is 12.1 Å². The van der Waals surface area contributed by atoms with E-state index in [4.69, 9.17) is 4.74 Å². The van der Waals surface area contributed by atoms with Gasteiger partial charge in [0.1, 0.15) is 11.9 Å². The number of carbonyl (C=O) groups excluding carboxylic acids is 1. The van der Waals surface area contributed by atoms with Crippen LogP contribution in [0.2, 0.25) is 0 Å². The smallest absolute Gasteiger partial charge is 0.245 e. The van der Waals surface area contributed by atoms with Crippen LogP contribution in [0.1, 0.15) is 11.3 Å². The Bertz CT molecular complexity index is 394. The SMILES string of the molecule is Cc1cc(C)nc(NC(=O)C2COCCN2)c1. The summed E-state index contributed by atoms with van der Waals surface area (Å²) in [6, 6.07) is 3.54. The first-order valence-corrected chi connectivity index (χ1v) is 5.72. The molecule has 2 rings (SSSR count). The second-order valence-corrected chi connectivity index (χ2v) is 4.24. The molecule has 1 fully saturated rings. The summed E-state index contributed by atoms with van der Waals surface area (Å²) in [6.07, 6.45) is 0. The van der Waals surface area contributed by atoms with E-state index < -0.39 is 0 Å². The van der Waals surface area contributed by atoms with Gasteiger partial charge in [-0.25, -0.2) is 4.98 Å². The lowest BCUT2D eigenvalue weighted by molar-refractivity contribution is -0.120. The van der Waals surface area contributed by atoms with Crippen molar-refractivity contribution in [2.75, 3.05) is 25.1 Å². The lowest BCUT2D eigenvalue weighted by atomic mass is 10.2. The Labute approximate surface area is 101 Å². The number of nitrogens with one attached hydrogen (secondary N) is 2. The van der Waals surface area contributed by atoms with Gasteiger partial charge in [-0.1, -0.05) is 0 Å². The maximum Gasteiger partial charge on any atom is 0.245 e. The van der Waals surface area contributed by atoms with Crippen molar-refractivity contribution >= 4 is 11.7 Å². The number of morpholine rings is 1. The zero-order valence-electron chi connectivity index (χ0n) is 10.1. The maximum atomic E-state index is 11.9. The van der Waals surface area contributed by atoms with E-state index in [1.165, 1.54) is 0 Å². The lowest BCUT2D eigenvalue weighted by Gasteiger charge is -2.22. The molecule has 5 nitrogen and oxygen atoms in total. The van der Waals surface area contributed by atoms with E-state index in [9.17, 15) is 4.79 Å². The Balaban J connectivity index is 2.01. The molecule has 17 heavy (non-hydrogen) atoms. The second kappa shape index (κ2) is 5.25. The van der Waals surface area contributed by atoms with Gasteiger partial charge in [0.05, 0.1) is 13.2 Å². The van der Waals surface area contributed by atoms with E-state index in [0.717, 1.165) is 11.3 Å². The van der Waals surface area contributed by atoms with Gasteiger partial charge in [-0.05, 0) is 31.5 Å². The van der Waals surface area contributed by atoms with Crippen LogP contribution in [0.3, 0.4) is 0 Å². The molecule has 0 radical (unpaired) electrons. The molecule has 1 aromatic heterocycles. The van der Waals surface area contributed by atoms with Crippen molar-refractivity contribution in [3.05, 3.63) is 23.4 Å². The van der Waals surface area contributed by atoms with Gasteiger partial charge >= 0.3 is 0 Å². The number of ether oxygens (including phenoxy) is 1. The molecule has 0 bridgehead atoms. The number of amides is 1. The van der Waals surface area contributed by atoms with Crippen LogP contribution in [0.5, 0.6) is 0 Å². The molecule has 1 aliphatic rings. The lowest BCUT2D eigenvalue weighted by Crippen LogP contribution is -2.48. The maximum absolute atomic E-state index is 11.9. The van der Waals surface area contributed by atoms with Crippen molar-refractivity contribution < 1.29 is 9.53 Å². The van der Waals surface area contributed by atoms with Gasteiger partial charge in [-0.2, -0.15) is 0 Å². The second-order valence-electron chi connectivity index (χ2n) is 4.24. The summed E-state index contributed by atoms with van der Waals surface area (Å²) in [5.74, 6) is 0.502. The van der Waals surface area contributed by atoms with Crippen LogP contribution >= 0.6 is 0 Å². The molecule has 1 amide bonds. The number of nitrogens with zero attached hydrogens (tertiary/aromatic N) is 1. The molecular weight excluding hydrogens is 218 g/mol. The Hall–Kier alpha value is -1.46.